The van der Waals surface area contributed by atoms with Gasteiger partial charge in [0.05, 0.1) is 17.7 Å². The molecule has 1 unspecified atom stereocenters. The summed E-state index contributed by atoms with van der Waals surface area (Å²) >= 11 is 0. The molecule has 4 amide bonds. The van der Waals surface area contributed by atoms with Crippen molar-refractivity contribution in [3.05, 3.63) is 113 Å². The molecule has 0 spiro atoms. The van der Waals surface area contributed by atoms with Gasteiger partial charge in [0.1, 0.15) is 24.1 Å². The molecule has 4 aromatic rings. The Labute approximate surface area is 351 Å². The number of Topliss-reactive ketones (excluding diaryl/α,β-unsaturated/α-hetero) is 1. The number of fused-ring (bicyclic) bond motifs is 1. The number of nitrogens with one attached hydrogen (secondary N) is 2. The van der Waals surface area contributed by atoms with E-state index in [2.05, 4.69) is 58.7 Å². The second-order valence-electron chi connectivity index (χ2n) is 15.9. The first-order valence-electron chi connectivity index (χ1n) is 21.0. The van der Waals surface area contributed by atoms with Gasteiger partial charge in [-0.05, 0) is 85.7 Å². The molecule has 13 heteroatoms. The number of benzene rings is 3. The van der Waals surface area contributed by atoms with Crippen molar-refractivity contribution in [2.75, 3.05) is 31.7 Å². The van der Waals surface area contributed by atoms with Crippen molar-refractivity contribution in [1.29, 1.82) is 0 Å². The summed E-state index contributed by atoms with van der Waals surface area (Å²) in [5.41, 5.74) is 4.24. The Morgan fingerprint density at radius 1 is 0.750 bits per heavy atom. The van der Waals surface area contributed by atoms with Gasteiger partial charge in [0, 0.05) is 62.2 Å². The Balaban J connectivity index is 0.769. The molecular weight excluding hydrogens is 763 g/mol. The maximum atomic E-state index is 13.0. The number of hydrogen-bond acceptors (Lipinski definition) is 11. The van der Waals surface area contributed by atoms with Gasteiger partial charge < -0.3 is 19.5 Å². The van der Waals surface area contributed by atoms with Crippen LogP contribution in [0.15, 0.2) is 79.1 Å². The largest absolute Gasteiger partial charge is 0.494 e. The third-order valence-corrected chi connectivity index (χ3v) is 11.0. The number of carbonyl (C=O) groups is 5. The van der Waals surface area contributed by atoms with E-state index in [1.165, 1.54) is 30.9 Å². The fourth-order valence-corrected chi connectivity index (χ4v) is 7.33. The van der Waals surface area contributed by atoms with Crippen LogP contribution < -0.4 is 20.1 Å². The summed E-state index contributed by atoms with van der Waals surface area (Å²) in [6.07, 6.45) is 11.9. The van der Waals surface area contributed by atoms with Gasteiger partial charge in [-0.25, -0.2) is 9.97 Å². The molecule has 1 fully saturated rings. The van der Waals surface area contributed by atoms with Crippen LogP contribution in [0.5, 0.6) is 11.5 Å². The number of piperidine rings is 1. The summed E-state index contributed by atoms with van der Waals surface area (Å²) in [6, 6.07) is 20.5. The van der Waals surface area contributed by atoms with Crippen molar-refractivity contribution in [2.24, 2.45) is 0 Å². The number of rotatable bonds is 23. The quantitative estimate of drug-likeness (QED) is 0.0430. The lowest BCUT2D eigenvalue weighted by Crippen LogP contribution is -2.54. The lowest BCUT2D eigenvalue weighted by molar-refractivity contribution is -0.136. The van der Waals surface area contributed by atoms with Gasteiger partial charge in [-0.15, -0.1) is 0 Å². The minimum Gasteiger partial charge on any atom is -0.494 e. The van der Waals surface area contributed by atoms with Crippen molar-refractivity contribution in [3.8, 4) is 11.5 Å². The molecule has 0 radical (unpaired) electrons. The third kappa shape index (κ3) is 11.4. The van der Waals surface area contributed by atoms with Crippen LogP contribution in [0.1, 0.15) is 133 Å². The first-order valence-corrected chi connectivity index (χ1v) is 21.0. The molecule has 60 heavy (non-hydrogen) atoms. The topological polar surface area (TPSA) is 166 Å². The molecule has 2 aliphatic heterocycles. The number of amides is 4. The van der Waals surface area contributed by atoms with Crippen LogP contribution in [-0.2, 0) is 26.3 Å². The van der Waals surface area contributed by atoms with Gasteiger partial charge in [0.15, 0.2) is 11.6 Å². The molecule has 2 aliphatic rings. The van der Waals surface area contributed by atoms with Crippen LogP contribution >= 0.6 is 0 Å². The summed E-state index contributed by atoms with van der Waals surface area (Å²) in [5, 5.41) is 5.53. The van der Waals surface area contributed by atoms with Crippen LogP contribution in [-0.4, -0.2) is 76.7 Å². The monoisotopic (exact) mass is 817 g/mol. The summed E-state index contributed by atoms with van der Waals surface area (Å²) in [7, 11) is 0. The van der Waals surface area contributed by atoms with Crippen LogP contribution in [0.25, 0.3) is 0 Å². The van der Waals surface area contributed by atoms with Crippen molar-refractivity contribution >= 4 is 35.1 Å². The molecule has 1 aromatic heterocycles. The number of unbranched alkanes of at least 4 members (excludes halogenated alkanes) is 6. The van der Waals surface area contributed by atoms with Gasteiger partial charge in [0.25, 0.3) is 11.8 Å². The lowest BCUT2D eigenvalue weighted by Gasteiger charge is -2.27. The third-order valence-electron chi connectivity index (χ3n) is 11.0. The average molecular weight is 818 g/mol. The average Bonchev–Trinajstić information content (AvgIpc) is 3.49. The van der Waals surface area contributed by atoms with E-state index in [4.69, 9.17) is 14.2 Å². The minimum atomic E-state index is -0.969. The number of ether oxygens (including phenoxy) is 3. The van der Waals surface area contributed by atoms with E-state index in [1.54, 1.807) is 30.6 Å². The predicted octanol–water partition coefficient (Wildman–Crippen LogP) is 7.61. The zero-order valence-corrected chi connectivity index (χ0v) is 34.8. The Hall–Kier alpha value is -5.95. The first-order chi connectivity index (χ1) is 29.0. The normalized spacial score (nSPS) is 15.2. The molecular formula is C47H55N5O8. The standard InChI is InChI=1S/C47H55N5O8/c1-32(53)43-49-29-33(30-50-43)31-60-38-19-14-35(15-20-38)47(2,3)34-12-17-37(18-13-34)59-27-10-7-5-4-6-9-25-58-26-11-8-24-48-36-16-21-39-40(28-36)46(57)52(45(39)56)41-22-23-42(54)51-44(41)55/h12-21,28-30,41,48H,4-11,22-27,31H2,1-3H3,(H,51,54,55). The fourth-order valence-electron chi connectivity index (χ4n) is 7.33. The van der Waals surface area contributed by atoms with Gasteiger partial charge in [-0.2, -0.15) is 0 Å². The number of anilines is 1. The number of carbonyl (C=O) groups excluding carboxylic acids is 5. The molecule has 1 saturated heterocycles. The van der Waals surface area contributed by atoms with Crippen molar-refractivity contribution < 1.29 is 38.2 Å². The van der Waals surface area contributed by atoms with Crippen LogP contribution in [0.2, 0.25) is 0 Å². The van der Waals surface area contributed by atoms with E-state index < -0.39 is 29.7 Å². The first kappa shape index (κ1) is 43.6. The summed E-state index contributed by atoms with van der Waals surface area (Å²) in [5.74, 6) is -0.357. The zero-order valence-electron chi connectivity index (χ0n) is 34.8. The second-order valence-corrected chi connectivity index (χ2v) is 15.9. The molecule has 0 saturated carbocycles. The predicted molar refractivity (Wildman–Crippen MR) is 226 cm³/mol. The van der Waals surface area contributed by atoms with Gasteiger partial charge in [-0.1, -0.05) is 63.8 Å². The molecule has 6 rings (SSSR count). The number of hydrogen-bond donors (Lipinski definition) is 2. The number of aromatic nitrogens is 2. The maximum Gasteiger partial charge on any atom is 0.262 e. The molecule has 316 valence electrons. The van der Waals surface area contributed by atoms with Crippen LogP contribution in [0, 0.1) is 0 Å². The second kappa shape index (κ2) is 20.8. The molecule has 1 atom stereocenters. The summed E-state index contributed by atoms with van der Waals surface area (Å²) in [4.78, 5) is 70.2. The highest BCUT2D eigenvalue weighted by Gasteiger charge is 2.44. The van der Waals surface area contributed by atoms with Crippen molar-refractivity contribution in [2.45, 2.75) is 103 Å². The van der Waals surface area contributed by atoms with Gasteiger partial charge in [-0.3, -0.25) is 34.2 Å². The maximum absolute atomic E-state index is 13.0. The number of ketones is 1. The molecule has 13 nitrogen and oxygen atoms in total. The SMILES string of the molecule is CC(=O)c1ncc(COc2ccc(C(C)(C)c3ccc(OCCCCCCCCOCCCCNc4ccc5c(c4)C(=O)N(C4CCC(=O)NC4=O)C5=O)cc3)cc2)cn1. The van der Waals surface area contributed by atoms with Gasteiger partial charge in [0.2, 0.25) is 11.8 Å². The highest BCUT2D eigenvalue weighted by Crippen LogP contribution is 2.34. The smallest absolute Gasteiger partial charge is 0.262 e. The van der Waals surface area contributed by atoms with E-state index in [0.29, 0.717) is 26.4 Å². The zero-order chi connectivity index (χ0) is 42.5. The van der Waals surface area contributed by atoms with Crippen molar-refractivity contribution in [3.63, 3.8) is 0 Å². The highest BCUT2D eigenvalue weighted by molar-refractivity contribution is 6.23. The molecule has 3 aromatic carbocycles. The van der Waals surface area contributed by atoms with E-state index in [-0.39, 0.29) is 41.0 Å². The molecule has 0 bridgehead atoms. The molecule has 3 heterocycles. The Morgan fingerprint density at radius 3 is 1.97 bits per heavy atom. The summed E-state index contributed by atoms with van der Waals surface area (Å²) < 4.78 is 17.8. The van der Waals surface area contributed by atoms with Crippen LogP contribution in [0.3, 0.4) is 0 Å². The Bertz CT molecular complexity index is 2120. The van der Waals surface area contributed by atoms with E-state index in [1.807, 2.05) is 24.3 Å². The van der Waals surface area contributed by atoms with Crippen LogP contribution in [0.4, 0.5) is 5.69 Å². The van der Waals surface area contributed by atoms with E-state index >= 15 is 0 Å². The molecule has 2 N–H and O–H groups in total. The van der Waals surface area contributed by atoms with E-state index in [0.717, 1.165) is 72.8 Å². The number of nitrogens with zero attached hydrogens (tertiary/aromatic N) is 3. The Morgan fingerprint density at radius 2 is 1.33 bits per heavy atom. The molecule has 0 aliphatic carbocycles. The Kier molecular flexibility index (Phi) is 15.2. The fraction of sp³-hybridized carbons (Fsp3) is 0.426. The van der Waals surface area contributed by atoms with E-state index in [9.17, 15) is 24.0 Å². The highest BCUT2D eigenvalue weighted by atomic mass is 16.5. The minimum absolute atomic E-state index is 0.0918. The van der Waals surface area contributed by atoms with Crippen molar-refractivity contribution in [1.82, 2.24) is 20.2 Å². The number of imide groups is 2. The summed E-state index contributed by atoms with van der Waals surface area (Å²) in [6.45, 7) is 9.01. The van der Waals surface area contributed by atoms with Gasteiger partial charge >= 0.3 is 0 Å². The lowest BCUT2D eigenvalue weighted by atomic mass is 9.78.